The van der Waals surface area contributed by atoms with Gasteiger partial charge in [0, 0.05) is 6.54 Å². The lowest BCUT2D eigenvalue weighted by Gasteiger charge is -2.18. The van der Waals surface area contributed by atoms with E-state index in [1.165, 1.54) is 0 Å². The van der Waals surface area contributed by atoms with E-state index in [0.717, 1.165) is 22.4 Å². The van der Waals surface area contributed by atoms with Gasteiger partial charge >= 0.3 is 0 Å². The number of benzene rings is 2. The average Bonchev–Trinajstić information content (AvgIpc) is 2.95. The van der Waals surface area contributed by atoms with Crippen LogP contribution in [0.15, 0.2) is 79.9 Å². The molecule has 116 valence electrons. The molecule has 3 nitrogen and oxygen atoms in total. The number of imidazole rings is 1. The molecule has 0 saturated heterocycles. The number of ether oxygens (including phenoxy) is 1. The fourth-order valence-electron chi connectivity index (χ4n) is 2.73. The Hall–Kier alpha value is -2.65. The second-order valence-electron chi connectivity index (χ2n) is 5.27. The lowest BCUT2D eigenvalue weighted by atomic mass is 10.1. The van der Waals surface area contributed by atoms with Gasteiger partial charge in [0.05, 0.1) is 17.6 Å². The van der Waals surface area contributed by atoms with Gasteiger partial charge in [-0.2, -0.15) is 0 Å². The molecule has 23 heavy (non-hydrogen) atoms. The zero-order chi connectivity index (χ0) is 16.1. The summed E-state index contributed by atoms with van der Waals surface area (Å²) in [6.07, 6.45) is 3.41. The normalized spacial score (nSPS) is 12.2. The minimum Gasteiger partial charge on any atom is -0.361 e. The van der Waals surface area contributed by atoms with Crippen molar-refractivity contribution < 1.29 is 4.74 Å². The summed E-state index contributed by atoms with van der Waals surface area (Å²) in [7, 11) is 0. The summed E-state index contributed by atoms with van der Waals surface area (Å²) in [5.41, 5.74) is 3.13. The highest BCUT2D eigenvalue weighted by Gasteiger charge is 2.21. The van der Waals surface area contributed by atoms with Crippen LogP contribution in [0.5, 0.6) is 0 Å². The van der Waals surface area contributed by atoms with Crippen LogP contribution in [0.4, 0.5) is 0 Å². The standard InChI is InChI=1S/C20H20N2O/c1-3-14-22-18-13-9-8-12-17(18)21-20(22)19(23-15-4-2)16-10-6-5-7-11-16/h3-13,19H,1-2,14-15H2/t19-/m0/s1. The average molecular weight is 304 g/mol. The Morgan fingerprint density at radius 2 is 1.74 bits per heavy atom. The summed E-state index contributed by atoms with van der Waals surface area (Å²) in [4.78, 5) is 4.82. The molecule has 0 spiro atoms. The van der Waals surface area contributed by atoms with Crippen LogP contribution in [0.3, 0.4) is 0 Å². The molecule has 3 rings (SSSR count). The van der Waals surface area contributed by atoms with E-state index in [4.69, 9.17) is 9.72 Å². The third kappa shape index (κ3) is 3.10. The summed E-state index contributed by atoms with van der Waals surface area (Å²) < 4.78 is 8.20. The van der Waals surface area contributed by atoms with E-state index >= 15 is 0 Å². The highest BCUT2D eigenvalue weighted by atomic mass is 16.5. The summed E-state index contributed by atoms with van der Waals surface area (Å²) in [5.74, 6) is 0.888. The molecule has 1 heterocycles. The van der Waals surface area contributed by atoms with Gasteiger partial charge in [0.15, 0.2) is 0 Å². The third-order valence-electron chi connectivity index (χ3n) is 3.71. The Morgan fingerprint density at radius 1 is 1.00 bits per heavy atom. The van der Waals surface area contributed by atoms with Crippen molar-refractivity contribution in [2.24, 2.45) is 0 Å². The number of rotatable bonds is 7. The molecule has 0 radical (unpaired) electrons. The number of aromatic nitrogens is 2. The predicted molar refractivity (Wildman–Crippen MR) is 94.4 cm³/mol. The molecule has 3 heteroatoms. The van der Waals surface area contributed by atoms with E-state index in [2.05, 4.69) is 35.9 Å². The van der Waals surface area contributed by atoms with Crippen molar-refractivity contribution in [3.63, 3.8) is 0 Å². The van der Waals surface area contributed by atoms with Gasteiger partial charge in [-0.3, -0.25) is 0 Å². The number of fused-ring (bicyclic) bond motifs is 1. The molecule has 0 bridgehead atoms. The van der Waals surface area contributed by atoms with Crippen molar-refractivity contribution >= 4 is 11.0 Å². The molecule has 0 aliphatic heterocycles. The number of nitrogens with zero attached hydrogens (tertiary/aromatic N) is 2. The van der Waals surface area contributed by atoms with Crippen LogP contribution >= 0.6 is 0 Å². The summed E-state index contributed by atoms with van der Waals surface area (Å²) in [6, 6.07) is 18.3. The zero-order valence-electron chi connectivity index (χ0n) is 13.1. The van der Waals surface area contributed by atoms with Gasteiger partial charge in [0.1, 0.15) is 11.9 Å². The number of allylic oxidation sites excluding steroid dienone is 1. The highest BCUT2D eigenvalue weighted by molar-refractivity contribution is 5.76. The summed E-state index contributed by atoms with van der Waals surface area (Å²) >= 11 is 0. The molecule has 2 aromatic carbocycles. The molecule has 3 aromatic rings. The Morgan fingerprint density at radius 3 is 2.48 bits per heavy atom. The van der Waals surface area contributed by atoms with Crippen molar-refractivity contribution in [2.75, 3.05) is 6.61 Å². The lowest BCUT2D eigenvalue weighted by molar-refractivity contribution is 0.0957. The first-order chi connectivity index (χ1) is 11.3. The third-order valence-corrected chi connectivity index (χ3v) is 3.71. The van der Waals surface area contributed by atoms with Crippen LogP contribution in [0, 0.1) is 0 Å². The van der Waals surface area contributed by atoms with Crippen molar-refractivity contribution in [1.29, 1.82) is 0 Å². The topological polar surface area (TPSA) is 27.1 Å². The monoisotopic (exact) mass is 304 g/mol. The fourth-order valence-corrected chi connectivity index (χ4v) is 2.73. The van der Waals surface area contributed by atoms with Gasteiger partial charge in [0.25, 0.3) is 0 Å². The Balaban J connectivity index is 2.14. The van der Waals surface area contributed by atoms with Crippen LogP contribution in [-0.4, -0.2) is 16.2 Å². The van der Waals surface area contributed by atoms with Gasteiger partial charge in [-0.15, -0.1) is 13.2 Å². The van der Waals surface area contributed by atoms with Gasteiger partial charge < -0.3 is 9.30 Å². The van der Waals surface area contributed by atoms with Gasteiger partial charge in [-0.25, -0.2) is 4.98 Å². The van der Waals surface area contributed by atoms with E-state index in [9.17, 15) is 0 Å². The molecule has 0 amide bonds. The quantitative estimate of drug-likeness (QED) is 0.600. The van der Waals surface area contributed by atoms with Crippen molar-refractivity contribution in [3.05, 3.63) is 91.3 Å². The molecule has 0 aliphatic rings. The first kappa shape index (κ1) is 15.3. The van der Waals surface area contributed by atoms with Crippen LogP contribution < -0.4 is 0 Å². The molecular weight excluding hydrogens is 284 g/mol. The molecule has 0 N–H and O–H groups in total. The number of para-hydroxylation sites is 2. The fraction of sp³-hybridized carbons (Fsp3) is 0.150. The van der Waals surface area contributed by atoms with Crippen molar-refractivity contribution in [2.45, 2.75) is 12.6 Å². The Labute approximate surface area is 136 Å². The maximum atomic E-state index is 6.04. The van der Waals surface area contributed by atoms with E-state index < -0.39 is 0 Å². The van der Waals surface area contributed by atoms with E-state index in [1.54, 1.807) is 6.08 Å². The van der Waals surface area contributed by atoms with E-state index in [0.29, 0.717) is 13.2 Å². The minimum absolute atomic E-state index is 0.235. The zero-order valence-corrected chi connectivity index (χ0v) is 13.1. The van der Waals surface area contributed by atoms with Gasteiger partial charge in [0.2, 0.25) is 0 Å². The van der Waals surface area contributed by atoms with Gasteiger partial charge in [-0.05, 0) is 17.7 Å². The van der Waals surface area contributed by atoms with Gasteiger partial charge in [-0.1, -0.05) is 54.6 Å². The second-order valence-corrected chi connectivity index (χ2v) is 5.27. The summed E-state index contributed by atoms with van der Waals surface area (Å²) in [6.45, 7) is 8.79. The first-order valence-corrected chi connectivity index (χ1v) is 7.68. The van der Waals surface area contributed by atoms with E-state index in [1.807, 2.05) is 42.5 Å². The molecule has 0 saturated carbocycles. The molecular formula is C20H20N2O. The van der Waals surface area contributed by atoms with Crippen LogP contribution in [-0.2, 0) is 11.3 Å². The molecule has 0 unspecified atom stereocenters. The number of hydrogen-bond acceptors (Lipinski definition) is 2. The maximum absolute atomic E-state index is 6.04. The summed E-state index contributed by atoms with van der Waals surface area (Å²) in [5, 5.41) is 0. The smallest absolute Gasteiger partial charge is 0.144 e. The number of hydrogen-bond donors (Lipinski definition) is 0. The maximum Gasteiger partial charge on any atom is 0.144 e. The van der Waals surface area contributed by atoms with Crippen LogP contribution in [0.25, 0.3) is 11.0 Å². The predicted octanol–water partition coefficient (Wildman–Crippen LogP) is 4.51. The van der Waals surface area contributed by atoms with Crippen molar-refractivity contribution in [1.82, 2.24) is 9.55 Å². The second kappa shape index (κ2) is 7.07. The van der Waals surface area contributed by atoms with Crippen molar-refractivity contribution in [3.8, 4) is 0 Å². The molecule has 1 aromatic heterocycles. The Kier molecular flexibility index (Phi) is 4.69. The molecule has 0 aliphatic carbocycles. The SMILES string of the molecule is C=CCO[C@@H](c1ccccc1)c1nc2ccccc2n1CC=C. The minimum atomic E-state index is -0.235. The largest absolute Gasteiger partial charge is 0.361 e. The lowest BCUT2D eigenvalue weighted by Crippen LogP contribution is -2.13. The van der Waals surface area contributed by atoms with E-state index in [-0.39, 0.29) is 6.10 Å². The Bertz CT molecular complexity index is 805. The van der Waals surface area contributed by atoms with Crippen LogP contribution in [0.1, 0.15) is 17.5 Å². The first-order valence-electron chi connectivity index (χ1n) is 7.68. The highest BCUT2D eigenvalue weighted by Crippen LogP contribution is 2.28. The van der Waals surface area contributed by atoms with Crippen LogP contribution in [0.2, 0.25) is 0 Å². The molecule has 0 fully saturated rings. The molecule has 1 atom stereocenters.